The van der Waals surface area contributed by atoms with Crippen molar-refractivity contribution in [2.45, 2.75) is 64.7 Å². The van der Waals surface area contributed by atoms with Crippen LogP contribution in [0, 0.1) is 0 Å². The van der Waals surface area contributed by atoms with E-state index in [0.717, 1.165) is 30.6 Å². The topological polar surface area (TPSA) is 39.9 Å². The van der Waals surface area contributed by atoms with Crippen molar-refractivity contribution in [3.8, 4) is 0 Å². The van der Waals surface area contributed by atoms with Crippen LogP contribution in [-0.2, 0) is 4.43 Å². The minimum absolute atomic E-state index is 0.281. The Morgan fingerprint density at radius 2 is 2.00 bits per heavy atom. The van der Waals surface area contributed by atoms with Gasteiger partial charge in [-0.1, -0.05) is 20.8 Å². The summed E-state index contributed by atoms with van der Waals surface area (Å²) in [6.07, 6.45) is 5.88. The maximum atomic E-state index is 6.25. The lowest BCUT2D eigenvalue weighted by Gasteiger charge is -2.36. The van der Waals surface area contributed by atoms with Gasteiger partial charge in [0, 0.05) is 18.8 Å². The molecule has 0 aliphatic heterocycles. The molecule has 0 spiro atoms. The zero-order chi connectivity index (χ0) is 16.4. The van der Waals surface area contributed by atoms with Crippen LogP contribution in [-0.4, -0.2) is 29.5 Å². The van der Waals surface area contributed by atoms with E-state index in [-0.39, 0.29) is 5.04 Å². The van der Waals surface area contributed by atoms with Gasteiger partial charge in [-0.2, -0.15) is 0 Å². The molecule has 0 bridgehead atoms. The maximum absolute atomic E-state index is 6.25. The van der Waals surface area contributed by atoms with Crippen LogP contribution in [0.5, 0.6) is 0 Å². The normalized spacial score (nSPS) is 14.5. The molecule has 0 fully saturated rings. The van der Waals surface area contributed by atoms with E-state index in [9.17, 15) is 0 Å². The van der Waals surface area contributed by atoms with E-state index in [0.29, 0.717) is 6.04 Å². The van der Waals surface area contributed by atoms with Crippen LogP contribution < -0.4 is 0 Å². The minimum Gasteiger partial charge on any atom is -0.417 e. The van der Waals surface area contributed by atoms with Gasteiger partial charge in [0.25, 0.3) is 0 Å². The summed E-state index contributed by atoms with van der Waals surface area (Å²) in [6.45, 7) is 14.5. The molecule has 0 aliphatic rings. The highest BCUT2D eigenvalue weighted by Crippen LogP contribution is 2.36. The number of aromatic nitrogens is 3. The lowest BCUT2D eigenvalue weighted by molar-refractivity contribution is 0.270. The molecule has 0 saturated heterocycles. The first-order chi connectivity index (χ1) is 10.2. The highest BCUT2D eigenvalue weighted by Gasteiger charge is 2.36. The molecule has 0 aromatic carbocycles. The van der Waals surface area contributed by atoms with Crippen LogP contribution in [0.1, 0.15) is 46.6 Å². The third-order valence-electron chi connectivity index (χ3n) is 4.84. The Bertz CT molecular complexity index is 616. The number of hydrogen-bond donors (Lipinski definition) is 0. The lowest BCUT2D eigenvalue weighted by Crippen LogP contribution is -2.41. The van der Waals surface area contributed by atoms with E-state index in [4.69, 9.17) is 4.43 Å². The monoisotopic (exact) mass is 319 g/mol. The summed E-state index contributed by atoms with van der Waals surface area (Å²) in [5.41, 5.74) is 1.94. The average molecular weight is 320 g/mol. The molecule has 4 nitrogen and oxygen atoms in total. The van der Waals surface area contributed by atoms with Gasteiger partial charge < -0.3 is 8.99 Å². The molecule has 1 atom stereocenters. The van der Waals surface area contributed by atoms with Gasteiger partial charge in [0.05, 0.1) is 6.33 Å². The molecule has 0 radical (unpaired) electrons. The van der Waals surface area contributed by atoms with Gasteiger partial charge in [0.1, 0.15) is 5.52 Å². The third-order valence-corrected chi connectivity index (χ3v) is 9.38. The molecule has 2 rings (SSSR count). The largest absolute Gasteiger partial charge is 0.417 e. The summed E-state index contributed by atoms with van der Waals surface area (Å²) in [4.78, 5) is 8.85. The highest BCUT2D eigenvalue weighted by atomic mass is 28.4. The molecule has 5 heteroatoms. The number of hydrogen-bond acceptors (Lipinski definition) is 3. The Balaban J connectivity index is 1.87. The van der Waals surface area contributed by atoms with E-state index >= 15 is 0 Å². The Labute approximate surface area is 135 Å². The van der Waals surface area contributed by atoms with Gasteiger partial charge in [-0.15, -0.1) is 0 Å². The van der Waals surface area contributed by atoms with Gasteiger partial charge in [0.2, 0.25) is 0 Å². The van der Waals surface area contributed by atoms with E-state index < -0.39 is 8.32 Å². The summed E-state index contributed by atoms with van der Waals surface area (Å²) in [5, 5.41) is 0.281. The summed E-state index contributed by atoms with van der Waals surface area (Å²) in [6, 6.07) is 4.33. The fourth-order valence-electron chi connectivity index (χ4n) is 2.25. The van der Waals surface area contributed by atoms with Gasteiger partial charge >= 0.3 is 0 Å². The second kappa shape index (κ2) is 6.50. The van der Waals surface area contributed by atoms with Crippen LogP contribution in [0.4, 0.5) is 0 Å². The average Bonchev–Trinajstić information content (AvgIpc) is 2.86. The molecular formula is C17H29N3OSi. The number of rotatable bonds is 6. The number of pyridine rings is 1. The predicted octanol–water partition coefficient (Wildman–Crippen LogP) is 4.79. The molecule has 0 saturated carbocycles. The molecule has 0 N–H and O–H groups in total. The predicted molar refractivity (Wildman–Crippen MR) is 94.6 cm³/mol. The molecule has 1 unspecified atom stereocenters. The Morgan fingerprint density at radius 3 is 2.68 bits per heavy atom. The van der Waals surface area contributed by atoms with Gasteiger partial charge in [0.15, 0.2) is 14.0 Å². The fraction of sp³-hybridized carbons (Fsp3) is 0.647. The van der Waals surface area contributed by atoms with E-state index in [2.05, 4.69) is 55.3 Å². The van der Waals surface area contributed by atoms with Crippen molar-refractivity contribution < 1.29 is 4.43 Å². The van der Waals surface area contributed by atoms with Gasteiger partial charge in [-0.25, -0.2) is 9.97 Å². The first-order valence-electron chi connectivity index (χ1n) is 8.14. The zero-order valence-corrected chi connectivity index (χ0v) is 15.8. The van der Waals surface area contributed by atoms with Gasteiger partial charge in [-0.05, 0) is 50.0 Å². The second-order valence-electron chi connectivity index (χ2n) is 7.60. The maximum Gasteiger partial charge on any atom is 0.191 e. The number of nitrogens with zero attached hydrogens (tertiary/aromatic N) is 3. The summed E-state index contributed by atoms with van der Waals surface area (Å²) in [5.74, 6) is 0. The molecule has 0 aliphatic carbocycles. The molecule has 2 heterocycles. The van der Waals surface area contributed by atoms with E-state index in [1.54, 1.807) is 0 Å². The molecule has 2 aromatic heterocycles. The lowest BCUT2D eigenvalue weighted by atomic mass is 10.2. The van der Waals surface area contributed by atoms with Gasteiger partial charge in [-0.3, -0.25) is 0 Å². The molecule has 122 valence electrons. The smallest absolute Gasteiger partial charge is 0.191 e. The number of fused-ring (bicyclic) bond motifs is 1. The molecule has 2 aromatic rings. The molecule has 0 amide bonds. The van der Waals surface area contributed by atoms with Crippen molar-refractivity contribution in [1.82, 2.24) is 14.5 Å². The Morgan fingerprint density at radius 1 is 1.27 bits per heavy atom. The van der Waals surface area contributed by atoms with Crippen LogP contribution in [0.2, 0.25) is 18.1 Å². The fourth-order valence-corrected chi connectivity index (χ4v) is 3.34. The van der Waals surface area contributed by atoms with Crippen LogP contribution >= 0.6 is 0 Å². The minimum atomic E-state index is -1.62. The van der Waals surface area contributed by atoms with E-state index in [1.165, 1.54) is 0 Å². The summed E-state index contributed by atoms with van der Waals surface area (Å²) in [7, 11) is -1.62. The molecule has 22 heavy (non-hydrogen) atoms. The van der Waals surface area contributed by atoms with Crippen LogP contribution in [0.3, 0.4) is 0 Å². The second-order valence-corrected chi connectivity index (χ2v) is 12.4. The number of imidazole rings is 1. The van der Waals surface area contributed by atoms with E-state index in [1.807, 2.05) is 24.7 Å². The third kappa shape index (κ3) is 3.76. The Hall–Kier alpha value is -1.20. The van der Waals surface area contributed by atoms with Crippen LogP contribution in [0.15, 0.2) is 24.7 Å². The first-order valence-corrected chi connectivity index (χ1v) is 11.0. The van der Waals surface area contributed by atoms with Crippen molar-refractivity contribution in [3.63, 3.8) is 0 Å². The van der Waals surface area contributed by atoms with Crippen molar-refractivity contribution in [2.24, 2.45) is 0 Å². The highest BCUT2D eigenvalue weighted by molar-refractivity contribution is 6.74. The quantitative estimate of drug-likeness (QED) is 0.567. The van der Waals surface area contributed by atoms with Crippen molar-refractivity contribution in [2.75, 3.05) is 6.61 Å². The van der Waals surface area contributed by atoms with Crippen molar-refractivity contribution >= 4 is 19.5 Å². The summed E-state index contributed by atoms with van der Waals surface area (Å²) < 4.78 is 8.42. The molecular weight excluding hydrogens is 290 g/mol. The Kier molecular flexibility index (Phi) is 5.07. The zero-order valence-electron chi connectivity index (χ0n) is 14.8. The first kappa shape index (κ1) is 17.2. The van der Waals surface area contributed by atoms with Crippen molar-refractivity contribution in [1.29, 1.82) is 0 Å². The SMILES string of the molecule is CC(CCCO[Si](C)(C)C(C)(C)C)n1cnc2cccnc21. The standard InChI is InChI=1S/C17H29N3OSi/c1-14(9-8-12-21-22(5,6)17(2,3)4)20-13-19-15-10-7-11-18-16(15)20/h7,10-11,13-14H,8-9,12H2,1-6H3. The summed E-state index contributed by atoms with van der Waals surface area (Å²) >= 11 is 0. The van der Waals surface area contributed by atoms with Crippen LogP contribution in [0.25, 0.3) is 11.2 Å². The van der Waals surface area contributed by atoms with Crippen molar-refractivity contribution in [3.05, 3.63) is 24.7 Å².